The second kappa shape index (κ2) is 8.73. The maximum atomic E-state index is 13.3. The van der Waals surface area contributed by atoms with E-state index in [2.05, 4.69) is 9.71 Å². The maximum Gasteiger partial charge on any atom is 0.339 e. The average molecular weight is 491 g/mol. The molecule has 4 aromatic rings. The molecule has 1 unspecified atom stereocenters. The van der Waals surface area contributed by atoms with Gasteiger partial charge in [-0.25, -0.2) is 14.0 Å². The number of nitrogens with zero attached hydrogens (tertiary/aromatic N) is 1. The van der Waals surface area contributed by atoms with E-state index in [4.69, 9.17) is 20.8 Å². The van der Waals surface area contributed by atoms with Crippen LogP contribution in [0.25, 0.3) is 11.0 Å². The van der Waals surface area contributed by atoms with Crippen molar-refractivity contribution in [3.05, 3.63) is 77.4 Å². The zero-order chi connectivity index (χ0) is 22.9. The standard InChI is InChI=1S/C21H15ClN2O6S2/c1-29-21(25)15-7-3-5-9-18(15)31(26)20-16(11-14(22)12-23-20)24-32(27,28)19-10-13-6-2-4-8-17(13)30-19/h2-12,24H,1H3. The van der Waals surface area contributed by atoms with Gasteiger partial charge in [0.05, 0.1) is 28.3 Å². The van der Waals surface area contributed by atoms with Crippen molar-refractivity contribution in [3.63, 3.8) is 0 Å². The van der Waals surface area contributed by atoms with Gasteiger partial charge in [0.15, 0.2) is 5.03 Å². The van der Waals surface area contributed by atoms with Crippen molar-refractivity contribution in [2.24, 2.45) is 0 Å². The monoisotopic (exact) mass is 490 g/mol. The summed E-state index contributed by atoms with van der Waals surface area (Å²) in [4.78, 5) is 16.3. The predicted octanol–water partition coefficient (Wildman–Crippen LogP) is 4.24. The quantitative estimate of drug-likeness (QED) is 0.402. The van der Waals surface area contributed by atoms with Crippen LogP contribution in [0, 0.1) is 0 Å². The Kier molecular flexibility index (Phi) is 6.00. The van der Waals surface area contributed by atoms with E-state index in [-0.39, 0.29) is 31.3 Å². The molecule has 2 aromatic heterocycles. The molecule has 0 spiro atoms. The topological polar surface area (TPSA) is 116 Å². The van der Waals surface area contributed by atoms with Crippen LogP contribution in [-0.4, -0.2) is 30.7 Å². The van der Waals surface area contributed by atoms with Crippen LogP contribution < -0.4 is 4.72 Å². The summed E-state index contributed by atoms with van der Waals surface area (Å²) in [6.45, 7) is 0. The van der Waals surface area contributed by atoms with Crippen molar-refractivity contribution in [2.45, 2.75) is 15.0 Å². The molecule has 164 valence electrons. The zero-order valence-electron chi connectivity index (χ0n) is 16.4. The lowest BCUT2D eigenvalue weighted by Crippen LogP contribution is -2.15. The Hall–Kier alpha value is -3.21. The van der Waals surface area contributed by atoms with E-state index in [1.807, 2.05) is 0 Å². The second-order valence-electron chi connectivity index (χ2n) is 6.47. The number of esters is 1. The van der Waals surface area contributed by atoms with E-state index in [1.165, 1.54) is 37.6 Å². The molecule has 0 bridgehead atoms. The Bertz CT molecular complexity index is 1430. The molecule has 2 aromatic carbocycles. The van der Waals surface area contributed by atoms with Crippen molar-refractivity contribution in [1.29, 1.82) is 0 Å². The summed E-state index contributed by atoms with van der Waals surface area (Å²) < 4.78 is 51.8. The average Bonchev–Trinajstić information content (AvgIpc) is 3.23. The number of sulfonamides is 1. The van der Waals surface area contributed by atoms with Gasteiger partial charge in [-0.2, -0.15) is 8.42 Å². The van der Waals surface area contributed by atoms with E-state index in [0.29, 0.717) is 11.0 Å². The fraction of sp³-hybridized carbons (Fsp3) is 0.0476. The molecule has 0 aliphatic rings. The van der Waals surface area contributed by atoms with Crippen molar-refractivity contribution in [2.75, 3.05) is 11.8 Å². The van der Waals surface area contributed by atoms with Crippen LogP contribution in [0.4, 0.5) is 5.69 Å². The lowest BCUT2D eigenvalue weighted by atomic mass is 10.2. The number of nitrogens with one attached hydrogen (secondary N) is 1. The first-order valence-electron chi connectivity index (χ1n) is 9.06. The molecule has 0 saturated carbocycles. The summed E-state index contributed by atoms with van der Waals surface area (Å²) in [5, 5.41) is 0.262. The molecule has 0 saturated heterocycles. The highest BCUT2D eigenvalue weighted by Crippen LogP contribution is 2.30. The lowest BCUT2D eigenvalue weighted by molar-refractivity contribution is 0.0596. The molecule has 0 aliphatic carbocycles. The van der Waals surface area contributed by atoms with Crippen LogP contribution in [0.5, 0.6) is 0 Å². The molecular formula is C21H15ClN2O6S2. The van der Waals surface area contributed by atoms with Gasteiger partial charge < -0.3 is 9.15 Å². The fourth-order valence-corrected chi connectivity index (χ4v) is 5.41. The number of methoxy groups -OCH3 is 1. The molecular weight excluding hydrogens is 476 g/mol. The number of pyridine rings is 1. The summed E-state index contributed by atoms with van der Waals surface area (Å²) in [5.41, 5.74) is 0.347. The van der Waals surface area contributed by atoms with E-state index in [0.717, 1.165) is 0 Å². The number of halogens is 1. The molecule has 0 amide bonds. The van der Waals surface area contributed by atoms with Crippen molar-refractivity contribution in [3.8, 4) is 0 Å². The van der Waals surface area contributed by atoms with Crippen LogP contribution >= 0.6 is 11.6 Å². The Morgan fingerprint density at radius 2 is 1.84 bits per heavy atom. The SMILES string of the molecule is COC(=O)c1ccccc1S(=O)c1ncc(Cl)cc1NS(=O)(=O)c1cc2ccccc2o1. The Labute approximate surface area is 190 Å². The van der Waals surface area contributed by atoms with Gasteiger partial charge in [-0.1, -0.05) is 41.9 Å². The van der Waals surface area contributed by atoms with Crippen LogP contribution in [0.15, 0.2) is 86.3 Å². The summed E-state index contributed by atoms with van der Waals surface area (Å²) in [5.74, 6) is -0.688. The number of para-hydroxylation sites is 1. The summed E-state index contributed by atoms with van der Waals surface area (Å²) in [6.07, 6.45) is 1.23. The number of furan rings is 1. The van der Waals surface area contributed by atoms with Gasteiger partial charge in [0, 0.05) is 17.6 Å². The molecule has 8 nitrogen and oxygen atoms in total. The summed E-state index contributed by atoms with van der Waals surface area (Å²) in [7, 11) is -5.03. The van der Waals surface area contributed by atoms with E-state index < -0.39 is 26.8 Å². The minimum atomic E-state index is -4.20. The molecule has 0 aliphatic heterocycles. The number of benzene rings is 2. The van der Waals surface area contributed by atoms with E-state index in [9.17, 15) is 17.4 Å². The molecule has 32 heavy (non-hydrogen) atoms. The smallest absolute Gasteiger partial charge is 0.339 e. The van der Waals surface area contributed by atoms with Gasteiger partial charge in [0.25, 0.3) is 10.0 Å². The fourth-order valence-electron chi connectivity index (χ4n) is 2.94. The van der Waals surface area contributed by atoms with E-state index >= 15 is 0 Å². The van der Waals surface area contributed by atoms with Gasteiger partial charge in [-0.3, -0.25) is 4.72 Å². The van der Waals surface area contributed by atoms with Crippen molar-refractivity contribution < 1.29 is 26.6 Å². The number of hydrogen-bond donors (Lipinski definition) is 1. The Morgan fingerprint density at radius 3 is 2.59 bits per heavy atom. The van der Waals surface area contributed by atoms with Crippen LogP contribution in [0.3, 0.4) is 0 Å². The van der Waals surface area contributed by atoms with Gasteiger partial charge >= 0.3 is 5.97 Å². The molecule has 4 rings (SSSR count). The highest BCUT2D eigenvalue weighted by molar-refractivity contribution is 7.92. The number of rotatable bonds is 6. The highest BCUT2D eigenvalue weighted by Gasteiger charge is 2.25. The lowest BCUT2D eigenvalue weighted by Gasteiger charge is -2.12. The Morgan fingerprint density at radius 1 is 1.12 bits per heavy atom. The predicted molar refractivity (Wildman–Crippen MR) is 119 cm³/mol. The highest BCUT2D eigenvalue weighted by atomic mass is 35.5. The first kappa shape index (κ1) is 22.0. The third kappa shape index (κ3) is 4.24. The normalized spacial score (nSPS) is 12.4. The molecule has 0 fully saturated rings. The first-order valence-corrected chi connectivity index (χ1v) is 12.1. The van der Waals surface area contributed by atoms with Gasteiger partial charge in [-0.05, 0) is 24.3 Å². The number of anilines is 1. The number of aromatic nitrogens is 1. The number of hydrogen-bond acceptors (Lipinski definition) is 7. The molecule has 2 heterocycles. The number of carbonyl (C=O) groups is 1. The molecule has 0 radical (unpaired) electrons. The largest absolute Gasteiger partial charge is 0.465 e. The van der Waals surface area contributed by atoms with E-state index in [1.54, 1.807) is 36.4 Å². The van der Waals surface area contributed by atoms with Crippen molar-refractivity contribution in [1.82, 2.24) is 4.98 Å². The Balaban J connectivity index is 1.76. The zero-order valence-corrected chi connectivity index (χ0v) is 18.8. The minimum absolute atomic E-state index is 0.0659. The third-order valence-corrected chi connectivity index (χ3v) is 7.26. The number of carbonyl (C=O) groups excluding carboxylic acids is 1. The van der Waals surface area contributed by atoms with Crippen LogP contribution in [-0.2, 0) is 25.6 Å². The molecule has 1 atom stereocenters. The van der Waals surface area contributed by atoms with Gasteiger partial charge in [0.2, 0.25) is 5.09 Å². The third-order valence-electron chi connectivity index (χ3n) is 4.40. The summed E-state index contributed by atoms with van der Waals surface area (Å²) >= 11 is 6.02. The van der Waals surface area contributed by atoms with Gasteiger partial charge in [0.1, 0.15) is 16.4 Å². The number of ether oxygens (including phenoxy) is 1. The van der Waals surface area contributed by atoms with Crippen molar-refractivity contribution >= 4 is 55.0 Å². The molecule has 1 N–H and O–H groups in total. The van der Waals surface area contributed by atoms with Crippen LogP contribution in [0.2, 0.25) is 5.02 Å². The second-order valence-corrected chi connectivity index (χ2v) is 9.89. The summed E-state index contributed by atoms with van der Waals surface area (Å²) in [6, 6.07) is 15.6. The first-order chi connectivity index (χ1) is 15.3. The van der Waals surface area contributed by atoms with Gasteiger partial charge in [-0.15, -0.1) is 0 Å². The number of fused-ring (bicyclic) bond motifs is 1. The van der Waals surface area contributed by atoms with Crippen LogP contribution in [0.1, 0.15) is 10.4 Å². The molecule has 11 heteroatoms. The minimum Gasteiger partial charge on any atom is -0.465 e. The maximum absolute atomic E-state index is 13.3.